The van der Waals surface area contributed by atoms with E-state index in [1.807, 2.05) is 30.2 Å². The van der Waals surface area contributed by atoms with E-state index in [9.17, 15) is 0 Å². The van der Waals surface area contributed by atoms with Crippen LogP contribution < -0.4 is 5.32 Å². The highest BCUT2D eigenvalue weighted by atomic mass is 15.2. The zero-order valence-electron chi connectivity index (χ0n) is 12.6. The highest BCUT2D eigenvalue weighted by Gasteiger charge is 2.13. The van der Waals surface area contributed by atoms with Crippen LogP contribution in [0.4, 0.5) is 0 Å². The van der Waals surface area contributed by atoms with Crippen LogP contribution in [-0.4, -0.2) is 21.3 Å². The summed E-state index contributed by atoms with van der Waals surface area (Å²) in [7, 11) is 1.96. The molecule has 4 heteroatoms. The molecule has 0 radical (unpaired) electrons. The third kappa shape index (κ3) is 3.90. The molecule has 0 aliphatic carbocycles. The maximum atomic E-state index is 4.41. The van der Waals surface area contributed by atoms with Gasteiger partial charge in [-0.05, 0) is 49.9 Å². The molecular formula is C16H24N4. The van der Waals surface area contributed by atoms with Crippen LogP contribution in [0, 0.1) is 6.92 Å². The van der Waals surface area contributed by atoms with E-state index in [0.717, 1.165) is 31.5 Å². The Labute approximate surface area is 121 Å². The number of hydrogen-bond donors (Lipinski definition) is 1. The first kappa shape index (κ1) is 14.7. The summed E-state index contributed by atoms with van der Waals surface area (Å²) in [6, 6.07) is 4.57. The third-order valence-electron chi connectivity index (χ3n) is 3.54. The van der Waals surface area contributed by atoms with Crippen LogP contribution in [0.2, 0.25) is 0 Å². The average Bonchev–Trinajstić information content (AvgIpc) is 2.86. The second kappa shape index (κ2) is 7.20. The van der Waals surface area contributed by atoms with E-state index >= 15 is 0 Å². The predicted molar refractivity (Wildman–Crippen MR) is 81.5 cm³/mol. The van der Waals surface area contributed by atoms with E-state index in [1.54, 1.807) is 0 Å². The molecule has 4 nitrogen and oxygen atoms in total. The molecule has 1 atom stereocenters. The maximum Gasteiger partial charge on any atom is 0.0521 e. The van der Waals surface area contributed by atoms with Gasteiger partial charge in [0.1, 0.15) is 0 Å². The van der Waals surface area contributed by atoms with Crippen LogP contribution >= 0.6 is 0 Å². The first-order chi connectivity index (χ1) is 9.70. The van der Waals surface area contributed by atoms with Gasteiger partial charge in [-0.3, -0.25) is 9.67 Å². The summed E-state index contributed by atoms with van der Waals surface area (Å²) >= 11 is 0. The van der Waals surface area contributed by atoms with Gasteiger partial charge in [0, 0.05) is 31.2 Å². The molecule has 0 aliphatic heterocycles. The molecule has 0 amide bonds. The van der Waals surface area contributed by atoms with Crippen molar-refractivity contribution in [1.82, 2.24) is 20.1 Å². The normalized spacial score (nSPS) is 12.6. The standard InChI is InChI=1S/C16H24N4/c1-4-9-18-16(15-6-5-10-17-13(15)2)8-7-14-11-19-20(3)12-14/h5-6,10-12,16,18H,4,7-9H2,1-3H3. The lowest BCUT2D eigenvalue weighted by Crippen LogP contribution is -2.23. The summed E-state index contributed by atoms with van der Waals surface area (Å²) < 4.78 is 1.86. The van der Waals surface area contributed by atoms with Crippen LogP contribution in [0.1, 0.15) is 42.6 Å². The van der Waals surface area contributed by atoms with Crippen LogP contribution in [0.15, 0.2) is 30.7 Å². The molecule has 0 saturated carbocycles. The van der Waals surface area contributed by atoms with E-state index < -0.39 is 0 Å². The molecule has 2 aromatic rings. The van der Waals surface area contributed by atoms with Crippen molar-refractivity contribution in [2.24, 2.45) is 7.05 Å². The SMILES string of the molecule is CCCNC(CCc1cnn(C)c1)c1cccnc1C. The van der Waals surface area contributed by atoms with Gasteiger partial charge in [0.2, 0.25) is 0 Å². The molecule has 0 aliphatic rings. The average molecular weight is 272 g/mol. The molecule has 108 valence electrons. The number of aryl methyl sites for hydroxylation is 3. The Kier molecular flexibility index (Phi) is 5.30. The van der Waals surface area contributed by atoms with Crippen molar-refractivity contribution in [3.05, 3.63) is 47.5 Å². The lowest BCUT2D eigenvalue weighted by Gasteiger charge is -2.20. The van der Waals surface area contributed by atoms with Crippen LogP contribution in [0.25, 0.3) is 0 Å². The number of pyridine rings is 1. The minimum Gasteiger partial charge on any atom is -0.310 e. The molecule has 0 fully saturated rings. The Bertz CT molecular complexity index is 533. The van der Waals surface area contributed by atoms with Crippen molar-refractivity contribution in [2.75, 3.05) is 6.54 Å². The molecule has 0 saturated heterocycles. The van der Waals surface area contributed by atoms with Crippen molar-refractivity contribution in [2.45, 2.75) is 39.2 Å². The molecule has 0 aromatic carbocycles. The lowest BCUT2D eigenvalue weighted by atomic mass is 9.99. The van der Waals surface area contributed by atoms with E-state index in [4.69, 9.17) is 0 Å². The van der Waals surface area contributed by atoms with Gasteiger partial charge in [-0.2, -0.15) is 5.10 Å². The van der Waals surface area contributed by atoms with Crippen molar-refractivity contribution < 1.29 is 0 Å². The Balaban J connectivity index is 2.05. The predicted octanol–water partition coefficient (Wildman–Crippen LogP) is 2.80. The number of nitrogens with zero attached hydrogens (tertiary/aromatic N) is 3. The molecule has 1 N–H and O–H groups in total. The van der Waals surface area contributed by atoms with Crippen LogP contribution in [0.3, 0.4) is 0 Å². The van der Waals surface area contributed by atoms with Gasteiger partial charge in [0.25, 0.3) is 0 Å². The van der Waals surface area contributed by atoms with Gasteiger partial charge in [-0.25, -0.2) is 0 Å². The van der Waals surface area contributed by atoms with Gasteiger partial charge in [-0.1, -0.05) is 13.0 Å². The summed E-state index contributed by atoms with van der Waals surface area (Å²) in [6.45, 7) is 5.31. The molecule has 0 spiro atoms. The number of rotatable bonds is 7. The second-order valence-corrected chi connectivity index (χ2v) is 5.25. The first-order valence-corrected chi connectivity index (χ1v) is 7.33. The highest BCUT2D eigenvalue weighted by Crippen LogP contribution is 2.21. The highest BCUT2D eigenvalue weighted by molar-refractivity contribution is 5.23. The minimum atomic E-state index is 0.365. The monoisotopic (exact) mass is 272 g/mol. The van der Waals surface area contributed by atoms with Crippen molar-refractivity contribution in [1.29, 1.82) is 0 Å². The van der Waals surface area contributed by atoms with E-state index in [0.29, 0.717) is 6.04 Å². The van der Waals surface area contributed by atoms with Gasteiger partial charge in [0.15, 0.2) is 0 Å². The molecule has 20 heavy (non-hydrogen) atoms. The molecule has 1 unspecified atom stereocenters. The van der Waals surface area contributed by atoms with Crippen molar-refractivity contribution >= 4 is 0 Å². The quantitative estimate of drug-likeness (QED) is 0.843. The van der Waals surface area contributed by atoms with Gasteiger partial charge in [0.05, 0.1) is 6.20 Å². The number of hydrogen-bond acceptors (Lipinski definition) is 3. The molecular weight excluding hydrogens is 248 g/mol. The summed E-state index contributed by atoms with van der Waals surface area (Å²) in [5.41, 5.74) is 3.72. The Morgan fingerprint density at radius 3 is 2.90 bits per heavy atom. The van der Waals surface area contributed by atoms with Crippen LogP contribution in [-0.2, 0) is 13.5 Å². The number of aromatic nitrogens is 3. The second-order valence-electron chi connectivity index (χ2n) is 5.25. The summed E-state index contributed by atoms with van der Waals surface area (Å²) in [4.78, 5) is 4.41. The maximum absolute atomic E-state index is 4.41. The smallest absolute Gasteiger partial charge is 0.0521 e. The first-order valence-electron chi connectivity index (χ1n) is 7.33. The van der Waals surface area contributed by atoms with E-state index in [2.05, 4.69) is 41.5 Å². The molecule has 2 aromatic heterocycles. The van der Waals surface area contributed by atoms with Crippen molar-refractivity contribution in [3.8, 4) is 0 Å². The Hall–Kier alpha value is -1.68. The van der Waals surface area contributed by atoms with Crippen molar-refractivity contribution in [3.63, 3.8) is 0 Å². The lowest BCUT2D eigenvalue weighted by molar-refractivity contribution is 0.495. The van der Waals surface area contributed by atoms with E-state index in [1.165, 1.54) is 11.1 Å². The van der Waals surface area contributed by atoms with Gasteiger partial charge >= 0.3 is 0 Å². The minimum absolute atomic E-state index is 0.365. The Morgan fingerprint density at radius 1 is 1.40 bits per heavy atom. The summed E-state index contributed by atoms with van der Waals surface area (Å²) in [6.07, 6.45) is 9.14. The fraction of sp³-hybridized carbons (Fsp3) is 0.500. The largest absolute Gasteiger partial charge is 0.310 e. The molecule has 2 heterocycles. The number of nitrogens with one attached hydrogen (secondary N) is 1. The zero-order valence-corrected chi connectivity index (χ0v) is 12.6. The fourth-order valence-corrected chi connectivity index (χ4v) is 2.46. The van der Waals surface area contributed by atoms with Gasteiger partial charge in [-0.15, -0.1) is 0 Å². The summed E-state index contributed by atoms with van der Waals surface area (Å²) in [5.74, 6) is 0. The summed E-state index contributed by atoms with van der Waals surface area (Å²) in [5, 5.41) is 7.87. The third-order valence-corrected chi connectivity index (χ3v) is 3.54. The molecule has 2 rings (SSSR count). The van der Waals surface area contributed by atoms with Crippen LogP contribution in [0.5, 0.6) is 0 Å². The molecule has 0 bridgehead atoms. The Morgan fingerprint density at radius 2 is 2.25 bits per heavy atom. The van der Waals surface area contributed by atoms with E-state index in [-0.39, 0.29) is 0 Å². The topological polar surface area (TPSA) is 42.7 Å². The zero-order chi connectivity index (χ0) is 14.4. The van der Waals surface area contributed by atoms with Gasteiger partial charge < -0.3 is 5.32 Å². The fourth-order valence-electron chi connectivity index (χ4n) is 2.46.